The minimum absolute atomic E-state index is 0.308. The van der Waals surface area contributed by atoms with Crippen LogP contribution >= 0.6 is 0 Å². The lowest BCUT2D eigenvalue weighted by molar-refractivity contribution is -0.274. The van der Waals surface area contributed by atoms with Crippen LogP contribution in [0.2, 0.25) is 0 Å². The van der Waals surface area contributed by atoms with E-state index in [4.69, 9.17) is 15.2 Å². The lowest BCUT2D eigenvalue weighted by Gasteiger charge is -2.15. The van der Waals surface area contributed by atoms with Gasteiger partial charge >= 0.3 is 6.36 Å². The molecule has 0 aliphatic carbocycles. The summed E-state index contributed by atoms with van der Waals surface area (Å²) in [6, 6.07) is 10.1. The summed E-state index contributed by atoms with van der Waals surface area (Å²) in [7, 11) is 1.46. The second kappa shape index (κ2) is 6.39. The van der Waals surface area contributed by atoms with Crippen LogP contribution in [0, 0.1) is 0 Å². The highest BCUT2D eigenvalue weighted by Gasteiger charge is 2.31. The standard InChI is InChI=1S/C17H13F3N2O3/c1-23-14-9-13(21)15-12(3-2-8-22-15)16(14)24-10-4-6-11(7-5-10)25-17(18,19)20/h2-9H,21H2,1H3. The van der Waals surface area contributed by atoms with E-state index in [1.807, 2.05) is 0 Å². The maximum atomic E-state index is 12.2. The van der Waals surface area contributed by atoms with Crippen molar-refractivity contribution in [1.29, 1.82) is 0 Å². The van der Waals surface area contributed by atoms with Gasteiger partial charge in [-0.25, -0.2) is 0 Å². The monoisotopic (exact) mass is 350 g/mol. The predicted octanol–water partition coefficient (Wildman–Crippen LogP) is 4.52. The van der Waals surface area contributed by atoms with Gasteiger partial charge in [0, 0.05) is 17.6 Å². The molecule has 0 saturated heterocycles. The summed E-state index contributed by atoms with van der Waals surface area (Å²) in [5.74, 6) is 0.719. The van der Waals surface area contributed by atoms with Crippen molar-refractivity contribution in [3.05, 3.63) is 48.7 Å². The van der Waals surface area contributed by atoms with Crippen LogP contribution < -0.4 is 19.9 Å². The van der Waals surface area contributed by atoms with Crippen molar-refractivity contribution < 1.29 is 27.4 Å². The number of pyridine rings is 1. The van der Waals surface area contributed by atoms with Crippen molar-refractivity contribution in [1.82, 2.24) is 4.98 Å². The molecule has 2 N–H and O–H groups in total. The molecule has 0 fully saturated rings. The Morgan fingerprint density at radius 2 is 1.72 bits per heavy atom. The molecule has 130 valence electrons. The fraction of sp³-hybridized carbons (Fsp3) is 0.118. The summed E-state index contributed by atoms with van der Waals surface area (Å²) in [5, 5.41) is 0.620. The second-order valence-electron chi connectivity index (χ2n) is 5.02. The Balaban J connectivity index is 1.96. The summed E-state index contributed by atoms with van der Waals surface area (Å²) in [5.41, 5.74) is 6.91. The third-order valence-corrected chi connectivity index (χ3v) is 3.33. The first-order valence-electron chi connectivity index (χ1n) is 7.12. The molecular formula is C17H13F3N2O3. The molecule has 0 radical (unpaired) electrons. The summed E-state index contributed by atoms with van der Waals surface area (Å²) >= 11 is 0. The lowest BCUT2D eigenvalue weighted by Crippen LogP contribution is -2.16. The highest BCUT2D eigenvalue weighted by Crippen LogP contribution is 2.41. The van der Waals surface area contributed by atoms with Gasteiger partial charge in [0.05, 0.1) is 18.3 Å². The first-order chi connectivity index (χ1) is 11.9. The molecule has 0 saturated carbocycles. The summed E-state index contributed by atoms with van der Waals surface area (Å²) in [6.45, 7) is 0. The number of hydrogen-bond acceptors (Lipinski definition) is 5. The van der Waals surface area contributed by atoms with E-state index in [1.54, 1.807) is 24.4 Å². The summed E-state index contributed by atoms with van der Waals surface area (Å²) < 4.78 is 51.6. The molecule has 1 heterocycles. The molecule has 0 unspecified atom stereocenters. The quantitative estimate of drug-likeness (QED) is 0.701. The SMILES string of the molecule is COc1cc(N)c2ncccc2c1Oc1ccc(OC(F)(F)F)cc1. The second-order valence-corrected chi connectivity index (χ2v) is 5.02. The van der Waals surface area contributed by atoms with Crippen LogP contribution in [0.15, 0.2) is 48.7 Å². The third kappa shape index (κ3) is 3.68. The van der Waals surface area contributed by atoms with Crippen LogP contribution in [-0.2, 0) is 0 Å². The molecule has 5 nitrogen and oxygen atoms in total. The Morgan fingerprint density at radius 1 is 1.04 bits per heavy atom. The zero-order valence-corrected chi connectivity index (χ0v) is 13.0. The van der Waals surface area contributed by atoms with E-state index in [0.717, 1.165) is 12.1 Å². The van der Waals surface area contributed by atoms with Gasteiger partial charge in [-0.1, -0.05) is 0 Å². The smallest absolute Gasteiger partial charge is 0.493 e. The lowest BCUT2D eigenvalue weighted by atomic mass is 10.1. The van der Waals surface area contributed by atoms with Gasteiger partial charge in [0.2, 0.25) is 0 Å². The normalized spacial score (nSPS) is 11.4. The zero-order chi connectivity index (χ0) is 18.0. The molecule has 0 aliphatic rings. The Labute approximate surface area is 140 Å². The van der Waals surface area contributed by atoms with Crippen molar-refractivity contribution in [2.75, 3.05) is 12.8 Å². The largest absolute Gasteiger partial charge is 0.573 e. The van der Waals surface area contributed by atoms with Crippen LogP contribution in [-0.4, -0.2) is 18.5 Å². The number of rotatable bonds is 4. The maximum absolute atomic E-state index is 12.2. The van der Waals surface area contributed by atoms with Gasteiger partial charge in [-0.3, -0.25) is 4.98 Å². The van der Waals surface area contributed by atoms with Crippen LogP contribution in [0.3, 0.4) is 0 Å². The molecule has 0 amide bonds. The number of nitrogen functional groups attached to an aromatic ring is 1. The van der Waals surface area contributed by atoms with Crippen molar-refractivity contribution in [3.63, 3.8) is 0 Å². The Bertz CT molecular complexity index is 896. The number of hydrogen-bond donors (Lipinski definition) is 1. The Kier molecular flexibility index (Phi) is 4.26. The molecule has 3 aromatic rings. The number of methoxy groups -OCH3 is 1. The zero-order valence-electron chi connectivity index (χ0n) is 13.0. The van der Waals surface area contributed by atoms with E-state index >= 15 is 0 Å². The van der Waals surface area contributed by atoms with Crippen molar-refractivity contribution in [2.24, 2.45) is 0 Å². The van der Waals surface area contributed by atoms with Crippen molar-refractivity contribution >= 4 is 16.6 Å². The van der Waals surface area contributed by atoms with Crippen LogP contribution in [0.5, 0.6) is 23.0 Å². The van der Waals surface area contributed by atoms with Crippen LogP contribution in [0.4, 0.5) is 18.9 Å². The molecule has 0 spiro atoms. The average molecular weight is 350 g/mol. The molecule has 3 rings (SSSR count). The molecule has 2 aromatic carbocycles. The summed E-state index contributed by atoms with van der Waals surface area (Å²) in [6.07, 6.45) is -3.15. The molecular weight excluding hydrogens is 337 g/mol. The molecule has 0 aliphatic heterocycles. The Hall–Kier alpha value is -3.16. The predicted molar refractivity (Wildman–Crippen MR) is 85.9 cm³/mol. The van der Waals surface area contributed by atoms with E-state index < -0.39 is 6.36 Å². The number of nitrogens with two attached hydrogens (primary N) is 1. The molecule has 0 atom stereocenters. The molecule has 8 heteroatoms. The number of aromatic nitrogens is 1. The number of halogens is 3. The van der Waals surface area contributed by atoms with Gasteiger partial charge in [-0.15, -0.1) is 13.2 Å². The van der Waals surface area contributed by atoms with E-state index in [1.165, 1.54) is 19.2 Å². The van der Waals surface area contributed by atoms with Crippen LogP contribution in [0.1, 0.15) is 0 Å². The number of alkyl halides is 3. The minimum Gasteiger partial charge on any atom is -0.493 e. The van der Waals surface area contributed by atoms with Gasteiger partial charge in [0.1, 0.15) is 11.5 Å². The fourth-order valence-electron chi connectivity index (χ4n) is 2.31. The first kappa shape index (κ1) is 16.7. The van der Waals surface area contributed by atoms with Gasteiger partial charge < -0.3 is 19.9 Å². The number of fused-ring (bicyclic) bond motifs is 1. The first-order valence-corrected chi connectivity index (χ1v) is 7.12. The number of anilines is 1. The van der Waals surface area contributed by atoms with Crippen molar-refractivity contribution in [3.8, 4) is 23.0 Å². The highest BCUT2D eigenvalue weighted by molar-refractivity contribution is 5.96. The molecule has 25 heavy (non-hydrogen) atoms. The minimum atomic E-state index is -4.75. The van der Waals surface area contributed by atoms with Crippen LogP contribution in [0.25, 0.3) is 10.9 Å². The summed E-state index contributed by atoms with van der Waals surface area (Å²) in [4.78, 5) is 4.21. The molecule has 0 bridgehead atoms. The fourth-order valence-corrected chi connectivity index (χ4v) is 2.31. The average Bonchev–Trinajstić information content (AvgIpc) is 2.57. The van der Waals surface area contributed by atoms with Gasteiger partial charge in [-0.2, -0.15) is 0 Å². The Morgan fingerprint density at radius 3 is 2.36 bits per heavy atom. The third-order valence-electron chi connectivity index (χ3n) is 3.33. The number of benzene rings is 2. The topological polar surface area (TPSA) is 66.6 Å². The van der Waals surface area contributed by atoms with Gasteiger partial charge in [0.15, 0.2) is 11.5 Å². The van der Waals surface area contributed by atoms with E-state index in [2.05, 4.69) is 9.72 Å². The van der Waals surface area contributed by atoms with Gasteiger partial charge in [-0.05, 0) is 36.4 Å². The van der Waals surface area contributed by atoms with Crippen molar-refractivity contribution in [2.45, 2.75) is 6.36 Å². The molecule has 1 aromatic heterocycles. The maximum Gasteiger partial charge on any atom is 0.573 e. The van der Waals surface area contributed by atoms with Gasteiger partial charge in [0.25, 0.3) is 0 Å². The van der Waals surface area contributed by atoms with E-state index in [-0.39, 0.29) is 5.75 Å². The number of nitrogens with zero attached hydrogens (tertiary/aromatic N) is 1. The number of ether oxygens (including phenoxy) is 3. The highest BCUT2D eigenvalue weighted by atomic mass is 19.4. The van der Waals surface area contributed by atoms with E-state index in [0.29, 0.717) is 33.8 Å². The van der Waals surface area contributed by atoms with E-state index in [9.17, 15) is 13.2 Å².